The number of nitrogens with zero attached hydrogens (tertiary/aromatic N) is 1. The number of rotatable bonds is 6. The molecule has 1 aromatic heterocycles. The molecular weight excluding hydrogens is 475 g/mol. The van der Waals surface area contributed by atoms with Gasteiger partial charge in [0.25, 0.3) is 0 Å². The van der Waals surface area contributed by atoms with Gasteiger partial charge >= 0.3 is 12.1 Å². The zero-order valence-electron chi connectivity index (χ0n) is 18.4. The van der Waals surface area contributed by atoms with Crippen LogP contribution in [-0.4, -0.2) is 34.0 Å². The van der Waals surface area contributed by atoms with E-state index < -0.39 is 34.8 Å². The summed E-state index contributed by atoms with van der Waals surface area (Å²) < 4.78 is 48.6. The maximum Gasteiger partial charge on any atom is 0.422 e. The lowest BCUT2D eigenvalue weighted by atomic mass is 9.78. The maximum absolute atomic E-state index is 14.2. The molecule has 0 amide bonds. The highest BCUT2D eigenvalue weighted by atomic mass is 35.5. The van der Waals surface area contributed by atoms with Crippen molar-refractivity contribution in [2.75, 3.05) is 7.11 Å². The molecule has 34 heavy (non-hydrogen) atoms. The lowest BCUT2D eigenvalue weighted by Gasteiger charge is -2.37. The number of benzene rings is 2. The molecule has 0 saturated carbocycles. The Hall–Kier alpha value is -3.30. The minimum Gasteiger partial charge on any atom is -0.496 e. The first kappa shape index (κ1) is 25.3. The number of aromatic carboxylic acids is 1. The van der Waals surface area contributed by atoms with Crippen molar-refractivity contribution in [3.63, 3.8) is 0 Å². The molecule has 0 radical (unpaired) electrons. The molecule has 2 atom stereocenters. The topological polar surface area (TPSA) is 88.8 Å². The summed E-state index contributed by atoms with van der Waals surface area (Å²) in [5.41, 5.74) is -3.31. The first-order chi connectivity index (χ1) is 15.8. The molecule has 0 aliphatic heterocycles. The van der Waals surface area contributed by atoms with Crippen LogP contribution in [0.1, 0.15) is 34.3 Å². The minimum absolute atomic E-state index is 0.0289. The molecule has 2 unspecified atom stereocenters. The summed E-state index contributed by atoms with van der Waals surface area (Å²) in [4.78, 5) is 23.0. The van der Waals surface area contributed by atoms with E-state index in [2.05, 4.69) is 0 Å². The standard InChI is InChI=1S/C24H21ClF3NO5/c1-13(23(33,24(26,27)28)16-6-9-21(30)29(2)12-16)17-7-4-14(10-19(17)25)15-5-8-18(22(31)32)20(11-15)34-3/h4-13,33H,1-3H3,(H,31,32). The van der Waals surface area contributed by atoms with E-state index in [4.69, 9.17) is 16.3 Å². The molecule has 3 rings (SSSR count). The van der Waals surface area contributed by atoms with Gasteiger partial charge in [-0.25, -0.2) is 4.79 Å². The molecule has 3 aromatic rings. The molecule has 0 saturated heterocycles. The average molecular weight is 496 g/mol. The van der Waals surface area contributed by atoms with Crippen LogP contribution in [0.2, 0.25) is 5.02 Å². The van der Waals surface area contributed by atoms with Gasteiger partial charge in [-0.05, 0) is 41.0 Å². The lowest BCUT2D eigenvalue weighted by Crippen LogP contribution is -2.47. The summed E-state index contributed by atoms with van der Waals surface area (Å²) in [7, 11) is 2.61. The molecule has 0 spiro atoms. The number of aromatic nitrogens is 1. The van der Waals surface area contributed by atoms with Crippen LogP contribution in [0.15, 0.2) is 59.5 Å². The molecule has 0 aliphatic rings. The number of carboxylic acid groups (broad SMARTS) is 1. The fraction of sp³-hybridized carbons (Fsp3) is 0.250. The van der Waals surface area contributed by atoms with Gasteiger partial charge in [0.05, 0.1) is 7.11 Å². The van der Waals surface area contributed by atoms with E-state index in [0.717, 1.165) is 22.9 Å². The van der Waals surface area contributed by atoms with Gasteiger partial charge in [0.1, 0.15) is 11.3 Å². The molecular formula is C24H21ClF3NO5. The maximum atomic E-state index is 14.2. The minimum atomic E-state index is -5.08. The van der Waals surface area contributed by atoms with Gasteiger partial charge in [-0.3, -0.25) is 4.79 Å². The Bertz CT molecular complexity index is 1300. The predicted octanol–water partition coefficient (Wildman–Crippen LogP) is 4.97. The Balaban J connectivity index is 2.08. The quantitative estimate of drug-likeness (QED) is 0.504. The highest BCUT2D eigenvalue weighted by molar-refractivity contribution is 6.31. The molecule has 180 valence electrons. The molecule has 2 N–H and O–H groups in total. The molecule has 2 aromatic carbocycles. The van der Waals surface area contributed by atoms with Crippen LogP contribution in [0.5, 0.6) is 5.75 Å². The summed E-state index contributed by atoms with van der Waals surface area (Å²) in [6.07, 6.45) is -4.13. The third-order valence-electron chi connectivity index (χ3n) is 5.82. The van der Waals surface area contributed by atoms with Gasteiger partial charge in [-0.2, -0.15) is 13.2 Å². The van der Waals surface area contributed by atoms with Crippen molar-refractivity contribution in [2.45, 2.75) is 24.6 Å². The van der Waals surface area contributed by atoms with Crippen molar-refractivity contribution in [1.82, 2.24) is 4.57 Å². The first-order valence-corrected chi connectivity index (χ1v) is 10.4. The highest BCUT2D eigenvalue weighted by Gasteiger charge is 2.59. The number of hydrogen-bond acceptors (Lipinski definition) is 4. The van der Waals surface area contributed by atoms with E-state index in [9.17, 15) is 33.0 Å². The molecule has 0 aliphatic carbocycles. The van der Waals surface area contributed by atoms with E-state index in [1.165, 1.54) is 57.5 Å². The number of hydrogen-bond donors (Lipinski definition) is 2. The smallest absolute Gasteiger partial charge is 0.422 e. The fourth-order valence-electron chi connectivity index (χ4n) is 3.81. The number of halogens is 4. The van der Waals surface area contributed by atoms with Gasteiger partial charge in [0, 0.05) is 35.8 Å². The van der Waals surface area contributed by atoms with Crippen molar-refractivity contribution in [1.29, 1.82) is 0 Å². The molecule has 0 bridgehead atoms. The van der Waals surface area contributed by atoms with Crippen LogP contribution >= 0.6 is 11.6 Å². The Morgan fingerprint density at radius 2 is 1.71 bits per heavy atom. The van der Waals surface area contributed by atoms with Crippen LogP contribution in [0.3, 0.4) is 0 Å². The summed E-state index contributed by atoms with van der Waals surface area (Å²) >= 11 is 6.37. The predicted molar refractivity (Wildman–Crippen MR) is 120 cm³/mol. The molecule has 0 fully saturated rings. The van der Waals surface area contributed by atoms with E-state index in [1.807, 2.05) is 0 Å². The number of carboxylic acids is 1. The fourth-order valence-corrected chi connectivity index (χ4v) is 4.15. The highest BCUT2D eigenvalue weighted by Crippen LogP contribution is 2.49. The number of methoxy groups -OCH3 is 1. The average Bonchev–Trinajstić information content (AvgIpc) is 2.78. The summed E-state index contributed by atoms with van der Waals surface area (Å²) in [5, 5.41) is 20.2. The Morgan fingerprint density at radius 1 is 1.09 bits per heavy atom. The summed E-state index contributed by atoms with van der Waals surface area (Å²) in [5.74, 6) is -2.59. The molecule has 10 heteroatoms. The van der Waals surface area contributed by atoms with Crippen molar-refractivity contribution in [3.8, 4) is 16.9 Å². The summed E-state index contributed by atoms with van der Waals surface area (Å²) in [6.45, 7) is 1.20. The van der Waals surface area contributed by atoms with Gasteiger partial charge < -0.3 is 19.5 Å². The van der Waals surface area contributed by atoms with E-state index in [0.29, 0.717) is 11.1 Å². The third kappa shape index (κ3) is 4.41. The molecule has 1 heterocycles. The third-order valence-corrected chi connectivity index (χ3v) is 6.14. The number of carbonyl (C=O) groups is 1. The van der Waals surface area contributed by atoms with Crippen molar-refractivity contribution >= 4 is 17.6 Å². The van der Waals surface area contributed by atoms with Gasteiger partial charge in [0.2, 0.25) is 5.56 Å². The lowest BCUT2D eigenvalue weighted by molar-refractivity contribution is -0.274. The second-order valence-corrected chi connectivity index (χ2v) is 8.22. The zero-order valence-corrected chi connectivity index (χ0v) is 19.1. The number of alkyl halides is 3. The number of ether oxygens (including phenoxy) is 1. The van der Waals surface area contributed by atoms with Gasteiger partial charge in [0.15, 0.2) is 5.60 Å². The largest absolute Gasteiger partial charge is 0.496 e. The second kappa shape index (κ2) is 9.15. The molecule has 6 nitrogen and oxygen atoms in total. The van der Waals surface area contributed by atoms with E-state index in [1.54, 1.807) is 0 Å². The number of aliphatic hydroxyl groups is 1. The van der Waals surface area contributed by atoms with Crippen molar-refractivity contribution in [2.24, 2.45) is 7.05 Å². The van der Waals surface area contributed by atoms with Crippen LogP contribution in [-0.2, 0) is 12.6 Å². The second-order valence-electron chi connectivity index (χ2n) is 7.81. The normalized spacial score (nSPS) is 14.4. The first-order valence-electron chi connectivity index (χ1n) is 9.98. The Labute approximate surface area is 197 Å². The van der Waals surface area contributed by atoms with Crippen LogP contribution in [0.4, 0.5) is 13.2 Å². The van der Waals surface area contributed by atoms with E-state index >= 15 is 0 Å². The Kier molecular flexibility index (Phi) is 6.82. The summed E-state index contributed by atoms with van der Waals surface area (Å²) in [6, 6.07) is 10.6. The van der Waals surface area contributed by atoms with Crippen molar-refractivity contribution < 1.29 is 32.9 Å². The van der Waals surface area contributed by atoms with Crippen LogP contribution in [0.25, 0.3) is 11.1 Å². The zero-order chi connectivity index (χ0) is 25.4. The van der Waals surface area contributed by atoms with Crippen LogP contribution in [0, 0.1) is 0 Å². The van der Waals surface area contributed by atoms with Crippen LogP contribution < -0.4 is 10.3 Å². The van der Waals surface area contributed by atoms with Gasteiger partial charge in [-0.1, -0.05) is 36.7 Å². The SMILES string of the molecule is COc1cc(-c2ccc(C(C)C(O)(c3ccc(=O)n(C)c3)C(F)(F)F)c(Cl)c2)ccc1C(=O)O. The number of aryl methyl sites for hydroxylation is 1. The van der Waals surface area contributed by atoms with E-state index in [-0.39, 0.29) is 21.9 Å². The van der Waals surface area contributed by atoms with Gasteiger partial charge in [-0.15, -0.1) is 0 Å². The van der Waals surface area contributed by atoms with Crippen molar-refractivity contribution in [3.05, 3.63) is 86.8 Å². The monoisotopic (exact) mass is 495 g/mol. The number of pyridine rings is 1. The Morgan fingerprint density at radius 3 is 2.24 bits per heavy atom.